The Bertz CT molecular complexity index is 624. The Morgan fingerprint density at radius 2 is 2.43 bits per heavy atom. The van der Waals surface area contributed by atoms with Gasteiger partial charge in [0.15, 0.2) is 0 Å². The molecular formula is C14H18N4O2S. The van der Waals surface area contributed by atoms with Crippen LogP contribution < -0.4 is 5.32 Å². The SMILES string of the molecule is Cc1nc(CNC(=O)c2cn[nH]c2C2CCOC2)sc1C. The highest BCUT2D eigenvalue weighted by Crippen LogP contribution is 2.26. The van der Waals surface area contributed by atoms with Gasteiger partial charge in [0.1, 0.15) is 5.01 Å². The van der Waals surface area contributed by atoms with Crippen LogP contribution in [0.5, 0.6) is 0 Å². The molecule has 3 rings (SSSR count). The monoisotopic (exact) mass is 306 g/mol. The van der Waals surface area contributed by atoms with E-state index >= 15 is 0 Å². The Morgan fingerprint density at radius 1 is 1.57 bits per heavy atom. The van der Waals surface area contributed by atoms with Gasteiger partial charge in [-0.05, 0) is 20.3 Å². The van der Waals surface area contributed by atoms with Crippen LogP contribution in [0.25, 0.3) is 0 Å². The Kier molecular flexibility index (Phi) is 4.03. The van der Waals surface area contributed by atoms with E-state index in [9.17, 15) is 4.79 Å². The predicted molar refractivity (Wildman–Crippen MR) is 79.5 cm³/mol. The highest BCUT2D eigenvalue weighted by atomic mass is 32.1. The van der Waals surface area contributed by atoms with E-state index in [2.05, 4.69) is 20.5 Å². The molecule has 2 aromatic heterocycles. The number of ether oxygens (including phenoxy) is 1. The van der Waals surface area contributed by atoms with Crippen molar-refractivity contribution in [2.75, 3.05) is 13.2 Å². The summed E-state index contributed by atoms with van der Waals surface area (Å²) in [6.45, 7) is 5.84. The molecule has 112 valence electrons. The second-order valence-electron chi connectivity index (χ2n) is 5.19. The number of rotatable bonds is 4. The van der Waals surface area contributed by atoms with Crippen LogP contribution in [0.3, 0.4) is 0 Å². The van der Waals surface area contributed by atoms with Crippen LogP contribution in [0.15, 0.2) is 6.20 Å². The van der Waals surface area contributed by atoms with E-state index in [1.807, 2.05) is 13.8 Å². The van der Waals surface area contributed by atoms with Crippen molar-refractivity contribution in [3.8, 4) is 0 Å². The zero-order chi connectivity index (χ0) is 14.8. The van der Waals surface area contributed by atoms with Gasteiger partial charge >= 0.3 is 0 Å². The molecule has 0 bridgehead atoms. The Morgan fingerprint density at radius 3 is 3.10 bits per heavy atom. The highest BCUT2D eigenvalue weighted by Gasteiger charge is 2.25. The third-order valence-electron chi connectivity index (χ3n) is 3.72. The first-order valence-corrected chi connectivity index (χ1v) is 7.79. The molecule has 1 saturated heterocycles. The fourth-order valence-corrected chi connectivity index (χ4v) is 3.29. The lowest BCUT2D eigenvalue weighted by molar-refractivity contribution is 0.0949. The molecule has 0 aromatic carbocycles. The van der Waals surface area contributed by atoms with Crippen LogP contribution in [-0.2, 0) is 11.3 Å². The van der Waals surface area contributed by atoms with Gasteiger partial charge in [-0.1, -0.05) is 0 Å². The van der Waals surface area contributed by atoms with Crippen molar-refractivity contribution < 1.29 is 9.53 Å². The minimum atomic E-state index is -0.115. The molecule has 7 heteroatoms. The summed E-state index contributed by atoms with van der Waals surface area (Å²) in [4.78, 5) is 17.9. The van der Waals surface area contributed by atoms with Gasteiger partial charge < -0.3 is 10.1 Å². The number of thiazole rings is 1. The normalized spacial score (nSPS) is 18.1. The first-order valence-electron chi connectivity index (χ1n) is 6.97. The summed E-state index contributed by atoms with van der Waals surface area (Å²) in [5, 5.41) is 10.8. The quantitative estimate of drug-likeness (QED) is 0.904. The molecule has 0 radical (unpaired) electrons. The summed E-state index contributed by atoms with van der Waals surface area (Å²) in [7, 11) is 0. The summed E-state index contributed by atoms with van der Waals surface area (Å²) in [6, 6.07) is 0. The summed E-state index contributed by atoms with van der Waals surface area (Å²) in [6.07, 6.45) is 2.51. The fourth-order valence-electron chi connectivity index (χ4n) is 2.42. The average Bonchev–Trinajstić information content (AvgIpc) is 3.17. The van der Waals surface area contributed by atoms with Crippen molar-refractivity contribution in [3.63, 3.8) is 0 Å². The van der Waals surface area contributed by atoms with Crippen molar-refractivity contribution in [2.45, 2.75) is 32.7 Å². The maximum Gasteiger partial charge on any atom is 0.255 e. The molecule has 0 spiro atoms. The minimum absolute atomic E-state index is 0.115. The summed E-state index contributed by atoms with van der Waals surface area (Å²) in [5.41, 5.74) is 2.50. The molecule has 1 unspecified atom stereocenters. The number of aromatic amines is 1. The number of H-pyrrole nitrogens is 1. The van der Waals surface area contributed by atoms with Gasteiger partial charge in [0.2, 0.25) is 0 Å². The second-order valence-corrected chi connectivity index (χ2v) is 6.48. The number of nitrogens with one attached hydrogen (secondary N) is 2. The third-order valence-corrected chi connectivity index (χ3v) is 4.80. The Balaban J connectivity index is 1.67. The van der Waals surface area contributed by atoms with Crippen molar-refractivity contribution in [1.82, 2.24) is 20.5 Å². The number of amides is 1. The molecule has 2 N–H and O–H groups in total. The van der Waals surface area contributed by atoms with Crippen molar-refractivity contribution in [3.05, 3.63) is 33.0 Å². The molecule has 3 heterocycles. The minimum Gasteiger partial charge on any atom is -0.381 e. The maximum absolute atomic E-state index is 12.3. The van der Waals surface area contributed by atoms with Crippen LogP contribution in [0.4, 0.5) is 0 Å². The Hall–Kier alpha value is -1.73. The van der Waals surface area contributed by atoms with E-state index in [0.29, 0.717) is 18.7 Å². The van der Waals surface area contributed by atoms with Gasteiger partial charge in [0.25, 0.3) is 5.91 Å². The van der Waals surface area contributed by atoms with Gasteiger partial charge in [0.05, 0.1) is 36.3 Å². The van der Waals surface area contributed by atoms with Gasteiger partial charge in [-0.25, -0.2) is 4.98 Å². The largest absolute Gasteiger partial charge is 0.381 e. The first kappa shape index (κ1) is 14.2. The van der Waals surface area contributed by atoms with Crippen LogP contribution in [0, 0.1) is 13.8 Å². The van der Waals surface area contributed by atoms with Gasteiger partial charge in [-0.15, -0.1) is 11.3 Å². The summed E-state index contributed by atoms with van der Waals surface area (Å²) in [5.74, 6) is 0.119. The number of carbonyl (C=O) groups excluding carboxylic acids is 1. The molecule has 1 atom stereocenters. The van der Waals surface area contributed by atoms with E-state index in [0.717, 1.165) is 29.4 Å². The number of hydrogen-bond donors (Lipinski definition) is 2. The topological polar surface area (TPSA) is 79.9 Å². The van der Waals surface area contributed by atoms with Crippen molar-refractivity contribution in [1.29, 1.82) is 0 Å². The smallest absolute Gasteiger partial charge is 0.255 e. The van der Waals surface area contributed by atoms with Crippen molar-refractivity contribution >= 4 is 17.2 Å². The van der Waals surface area contributed by atoms with Gasteiger partial charge in [-0.3, -0.25) is 9.89 Å². The number of carbonyl (C=O) groups is 1. The average molecular weight is 306 g/mol. The highest BCUT2D eigenvalue weighted by molar-refractivity contribution is 7.11. The number of aryl methyl sites for hydroxylation is 2. The van der Waals surface area contributed by atoms with Gasteiger partial charge in [0, 0.05) is 17.4 Å². The summed E-state index contributed by atoms with van der Waals surface area (Å²) >= 11 is 1.61. The lowest BCUT2D eigenvalue weighted by atomic mass is 10.0. The first-order chi connectivity index (χ1) is 10.1. The number of nitrogens with zero attached hydrogens (tertiary/aromatic N) is 2. The van der Waals surface area contributed by atoms with Crippen LogP contribution in [0.2, 0.25) is 0 Å². The molecule has 21 heavy (non-hydrogen) atoms. The van der Waals surface area contributed by atoms with E-state index < -0.39 is 0 Å². The third kappa shape index (κ3) is 2.98. The molecule has 1 amide bonds. The van der Waals surface area contributed by atoms with E-state index in [-0.39, 0.29) is 11.8 Å². The zero-order valence-corrected chi connectivity index (χ0v) is 12.9. The molecular weight excluding hydrogens is 288 g/mol. The molecule has 1 aliphatic heterocycles. The van der Waals surface area contributed by atoms with Crippen LogP contribution in [0.1, 0.15) is 44.0 Å². The number of hydrogen-bond acceptors (Lipinski definition) is 5. The second kappa shape index (κ2) is 5.95. The summed E-state index contributed by atoms with van der Waals surface area (Å²) < 4.78 is 5.37. The lowest BCUT2D eigenvalue weighted by Crippen LogP contribution is -2.24. The molecule has 2 aromatic rings. The van der Waals surface area contributed by atoms with E-state index in [4.69, 9.17) is 4.74 Å². The fraction of sp³-hybridized carbons (Fsp3) is 0.500. The van der Waals surface area contributed by atoms with E-state index in [1.165, 1.54) is 4.88 Å². The zero-order valence-electron chi connectivity index (χ0n) is 12.1. The van der Waals surface area contributed by atoms with Gasteiger partial charge in [-0.2, -0.15) is 5.10 Å². The lowest BCUT2D eigenvalue weighted by Gasteiger charge is -2.08. The van der Waals surface area contributed by atoms with Crippen LogP contribution >= 0.6 is 11.3 Å². The standard InChI is InChI=1S/C14H18N4O2S/c1-8-9(2)21-12(17-8)6-15-14(19)11-5-16-18-13(11)10-3-4-20-7-10/h5,10H,3-4,6-7H2,1-2H3,(H,15,19)(H,16,18). The molecule has 1 fully saturated rings. The molecule has 0 saturated carbocycles. The predicted octanol–water partition coefficient (Wildman–Crippen LogP) is 1.92. The maximum atomic E-state index is 12.3. The van der Waals surface area contributed by atoms with Crippen molar-refractivity contribution in [2.24, 2.45) is 0 Å². The van der Waals surface area contributed by atoms with Crippen LogP contribution in [-0.4, -0.2) is 34.3 Å². The Labute approximate surface area is 126 Å². The molecule has 6 nitrogen and oxygen atoms in total. The molecule has 0 aliphatic carbocycles. The molecule has 1 aliphatic rings. The van der Waals surface area contributed by atoms with E-state index in [1.54, 1.807) is 17.5 Å². The number of aromatic nitrogens is 3.